The molecule has 0 aliphatic heterocycles. The Hall–Kier alpha value is -0.670. The van der Waals surface area contributed by atoms with Crippen molar-refractivity contribution in [3.63, 3.8) is 0 Å². The average molecular weight is 182 g/mol. The third-order valence-corrected chi connectivity index (χ3v) is 2.33. The van der Waals surface area contributed by atoms with Crippen molar-refractivity contribution in [2.75, 3.05) is 13.6 Å². The summed E-state index contributed by atoms with van der Waals surface area (Å²) in [4.78, 5) is 5.34. The first-order valence-corrected chi connectivity index (χ1v) is 4.98. The lowest BCUT2D eigenvalue weighted by Gasteiger charge is -1.90. The van der Waals surface area contributed by atoms with Gasteiger partial charge in [0, 0.05) is 17.5 Å². The number of nitrogens with zero attached hydrogens (tertiary/aromatic N) is 1. The van der Waals surface area contributed by atoms with E-state index in [0.717, 1.165) is 19.4 Å². The molecule has 12 heavy (non-hydrogen) atoms. The van der Waals surface area contributed by atoms with E-state index in [9.17, 15) is 0 Å². The van der Waals surface area contributed by atoms with Gasteiger partial charge < -0.3 is 5.32 Å². The van der Waals surface area contributed by atoms with Gasteiger partial charge in [0.2, 0.25) is 0 Å². The zero-order valence-corrected chi connectivity index (χ0v) is 8.10. The Balaban J connectivity index is 2.13. The van der Waals surface area contributed by atoms with Crippen LogP contribution in [0.25, 0.3) is 0 Å². The molecule has 1 aromatic heterocycles. The summed E-state index contributed by atoms with van der Waals surface area (Å²) >= 11 is 1.71. The fourth-order valence-electron chi connectivity index (χ4n) is 0.888. The van der Waals surface area contributed by atoms with E-state index >= 15 is 0 Å². The molecule has 0 fully saturated rings. The Bertz CT molecular complexity index is 216. The van der Waals surface area contributed by atoms with Crippen LogP contribution in [-0.4, -0.2) is 18.6 Å². The summed E-state index contributed by atoms with van der Waals surface area (Å²) in [6.45, 7) is 1.05. The van der Waals surface area contributed by atoms with E-state index in [4.69, 9.17) is 0 Å². The highest BCUT2D eigenvalue weighted by Crippen LogP contribution is 2.06. The SMILES string of the molecule is CNCC/C=C/Cc1cncs1. The van der Waals surface area contributed by atoms with Crippen LogP contribution in [0.5, 0.6) is 0 Å². The van der Waals surface area contributed by atoms with Crippen molar-refractivity contribution >= 4 is 11.3 Å². The Labute approximate surface area is 77.3 Å². The van der Waals surface area contributed by atoms with Crippen molar-refractivity contribution in [2.45, 2.75) is 12.8 Å². The van der Waals surface area contributed by atoms with Gasteiger partial charge in [-0.2, -0.15) is 0 Å². The summed E-state index contributed by atoms with van der Waals surface area (Å²) < 4.78 is 0. The van der Waals surface area contributed by atoms with Crippen molar-refractivity contribution in [3.05, 3.63) is 28.7 Å². The van der Waals surface area contributed by atoms with Gasteiger partial charge in [-0.1, -0.05) is 12.2 Å². The first-order valence-electron chi connectivity index (χ1n) is 4.10. The van der Waals surface area contributed by atoms with Crippen molar-refractivity contribution in [1.29, 1.82) is 0 Å². The third-order valence-electron chi connectivity index (χ3n) is 1.53. The molecule has 0 aliphatic rings. The zero-order valence-electron chi connectivity index (χ0n) is 7.29. The van der Waals surface area contributed by atoms with Gasteiger partial charge in [-0.3, -0.25) is 4.98 Å². The normalized spacial score (nSPS) is 11.1. The molecule has 1 aromatic rings. The third kappa shape index (κ3) is 3.64. The van der Waals surface area contributed by atoms with Crippen LogP contribution >= 0.6 is 11.3 Å². The standard InChI is InChI=1S/C9H14N2S/c1-10-6-4-2-3-5-9-7-11-8-12-9/h2-3,7-8,10H,4-6H2,1H3/b3-2+. The Kier molecular flexibility index (Phi) is 4.64. The lowest BCUT2D eigenvalue weighted by Crippen LogP contribution is -2.05. The minimum absolute atomic E-state index is 1.02. The summed E-state index contributed by atoms with van der Waals surface area (Å²) in [5.41, 5.74) is 1.87. The second kappa shape index (κ2) is 5.91. The van der Waals surface area contributed by atoms with E-state index < -0.39 is 0 Å². The molecular formula is C9H14N2S. The van der Waals surface area contributed by atoms with E-state index in [0.29, 0.717) is 0 Å². The number of rotatable bonds is 5. The number of thiazole rings is 1. The monoisotopic (exact) mass is 182 g/mol. The molecule has 0 amide bonds. The molecule has 0 aromatic carbocycles. The number of hydrogen-bond donors (Lipinski definition) is 1. The van der Waals surface area contributed by atoms with Crippen LogP contribution < -0.4 is 5.32 Å². The van der Waals surface area contributed by atoms with Gasteiger partial charge in [0.25, 0.3) is 0 Å². The van der Waals surface area contributed by atoms with Gasteiger partial charge in [0.15, 0.2) is 0 Å². The summed E-state index contributed by atoms with van der Waals surface area (Å²) in [7, 11) is 1.97. The molecule has 0 radical (unpaired) electrons. The smallest absolute Gasteiger partial charge is 0.0794 e. The zero-order chi connectivity index (χ0) is 8.65. The Morgan fingerprint density at radius 3 is 3.17 bits per heavy atom. The number of hydrogen-bond acceptors (Lipinski definition) is 3. The molecule has 3 heteroatoms. The van der Waals surface area contributed by atoms with Gasteiger partial charge in [0.05, 0.1) is 5.51 Å². The van der Waals surface area contributed by atoms with Crippen molar-refractivity contribution in [2.24, 2.45) is 0 Å². The minimum atomic E-state index is 1.02. The largest absolute Gasteiger partial charge is 0.319 e. The summed E-state index contributed by atoms with van der Waals surface area (Å²) in [5, 5.41) is 3.10. The molecule has 2 nitrogen and oxygen atoms in total. The van der Waals surface area contributed by atoms with Crippen LogP contribution in [0.15, 0.2) is 23.9 Å². The summed E-state index contributed by atoms with van der Waals surface area (Å²) in [5.74, 6) is 0. The van der Waals surface area contributed by atoms with Crippen molar-refractivity contribution < 1.29 is 0 Å². The second-order valence-electron chi connectivity index (χ2n) is 2.54. The van der Waals surface area contributed by atoms with Gasteiger partial charge in [-0.15, -0.1) is 11.3 Å². The molecule has 1 rings (SSSR count). The predicted molar refractivity (Wildman–Crippen MR) is 53.5 cm³/mol. The molecule has 0 atom stereocenters. The second-order valence-corrected chi connectivity index (χ2v) is 3.51. The quantitative estimate of drug-likeness (QED) is 0.555. The molecule has 0 saturated carbocycles. The van der Waals surface area contributed by atoms with Gasteiger partial charge in [0.1, 0.15) is 0 Å². The molecule has 0 unspecified atom stereocenters. The molecule has 0 bridgehead atoms. The highest BCUT2D eigenvalue weighted by molar-refractivity contribution is 7.09. The highest BCUT2D eigenvalue weighted by Gasteiger charge is 1.88. The van der Waals surface area contributed by atoms with Crippen LogP contribution in [-0.2, 0) is 6.42 Å². The minimum Gasteiger partial charge on any atom is -0.319 e. The van der Waals surface area contributed by atoms with E-state index in [2.05, 4.69) is 22.5 Å². The van der Waals surface area contributed by atoms with Crippen LogP contribution in [0.1, 0.15) is 11.3 Å². The lowest BCUT2D eigenvalue weighted by molar-refractivity contribution is 0.806. The Morgan fingerprint density at radius 1 is 1.58 bits per heavy atom. The maximum Gasteiger partial charge on any atom is 0.0794 e. The lowest BCUT2D eigenvalue weighted by atomic mass is 10.3. The first kappa shape index (κ1) is 9.42. The summed E-state index contributed by atoms with van der Waals surface area (Å²) in [6.07, 6.45) is 8.46. The van der Waals surface area contributed by atoms with Gasteiger partial charge in [-0.05, 0) is 20.0 Å². The molecule has 0 saturated heterocycles. The maximum atomic E-state index is 4.01. The maximum absolute atomic E-state index is 4.01. The summed E-state index contributed by atoms with van der Waals surface area (Å²) in [6, 6.07) is 0. The van der Waals surface area contributed by atoms with E-state index in [-0.39, 0.29) is 0 Å². The predicted octanol–water partition coefficient (Wildman–Crippen LogP) is 1.85. The van der Waals surface area contributed by atoms with Gasteiger partial charge in [-0.25, -0.2) is 0 Å². The Morgan fingerprint density at radius 2 is 2.50 bits per heavy atom. The first-order chi connectivity index (χ1) is 5.93. The van der Waals surface area contributed by atoms with E-state index in [1.54, 1.807) is 11.3 Å². The van der Waals surface area contributed by atoms with Crippen LogP contribution in [0, 0.1) is 0 Å². The van der Waals surface area contributed by atoms with E-state index in [1.807, 2.05) is 18.8 Å². The number of nitrogens with one attached hydrogen (secondary N) is 1. The van der Waals surface area contributed by atoms with Crippen LogP contribution in [0.2, 0.25) is 0 Å². The number of allylic oxidation sites excluding steroid dienone is 1. The molecule has 0 spiro atoms. The fraction of sp³-hybridized carbons (Fsp3) is 0.444. The molecule has 1 N–H and O–H groups in total. The van der Waals surface area contributed by atoms with Crippen molar-refractivity contribution in [1.82, 2.24) is 10.3 Å². The molecular weight excluding hydrogens is 168 g/mol. The van der Waals surface area contributed by atoms with Crippen LogP contribution in [0.3, 0.4) is 0 Å². The topological polar surface area (TPSA) is 24.9 Å². The van der Waals surface area contributed by atoms with Crippen molar-refractivity contribution in [3.8, 4) is 0 Å². The average Bonchev–Trinajstić information content (AvgIpc) is 2.57. The van der Waals surface area contributed by atoms with Crippen LogP contribution in [0.4, 0.5) is 0 Å². The number of aromatic nitrogens is 1. The fourth-order valence-corrected chi connectivity index (χ4v) is 1.46. The van der Waals surface area contributed by atoms with Gasteiger partial charge >= 0.3 is 0 Å². The molecule has 66 valence electrons. The molecule has 1 heterocycles. The highest BCUT2D eigenvalue weighted by atomic mass is 32.1. The molecule has 0 aliphatic carbocycles. The van der Waals surface area contributed by atoms with E-state index in [1.165, 1.54) is 4.88 Å².